The SMILES string of the molecule is O=C(Cc1cccs1)NN=Cc1ccc(Cl)cc1. The minimum Gasteiger partial charge on any atom is -0.273 e. The van der Waals surface area contributed by atoms with Crippen molar-refractivity contribution in [2.75, 3.05) is 0 Å². The van der Waals surface area contributed by atoms with E-state index in [0.29, 0.717) is 11.4 Å². The molecular formula is C13H11ClN2OS. The van der Waals surface area contributed by atoms with Crippen LogP contribution in [0.15, 0.2) is 46.9 Å². The molecule has 92 valence electrons. The van der Waals surface area contributed by atoms with Crippen molar-refractivity contribution in [1.29, 1.82) is 0 Å². The van der Waals surface area contributed by atoms with Gasteiger partial charge in [0, 0.05) is 9.90 Å². The van der Waals surface area contributed by atoms with Gasteiger partial charge in [-0.25, -0.2) is 5.43 Å². The summed E-state index contributed by atoms with van der Waals surface area (Å²) in [6.45, 7) is 0. The van der Waals surface area contributed by atoms with Crippen LogP contribution in [0, 0.1) is 0 Å². The first kappa shape index (κ1) is 12.8. The summed E-state index contributed by atoms with van der Waals surface area (Å²) in [6.07, 6.45) is 1.94. The molecule has 2 aromatic rings. The number of hydrogen-bond donors (Lipinski definition) is 1. The van der Waals surface area contributed by atoms with Crippen molar-refractivity contribution in [3.8, 4) is 0 Å². The van der Waals surface area contributed by atoms with Gasteiger partial charge in [0.25, 0.3) is 0 Å². The number of carbonyl (C=O) groups is 1. The standard InChI is InChI=1S/C13H11ClN2OS/c14-11-5-3-10(4-6-11)9-15-16-13(17)8-12-2-1-7-18-12/h1-7,9H,8H2,(H,16,17). The summed E-state index contributed by atoms with van der Waals surface area (Å²) in [5.41, 5.74) is 3.37. The van der Waals surface area contributed by atoms with Crippen LogP contribution in [0.5, 0.6) is 0 Å². The number of amides is 1. The number of hydrazone groups is 1. The lowest BCUT2D eigenvalue weighted by Crippen LogP contribution is -2.19. The summed E-state index contributed by atoms with van der Waals surface area (Å²) in [6, 6.07) is 11.1. The van der Waals surface area contributed by atoms with Gasteiger partial charge in [0.1, 0.15) is 0 Å². The lowest BCUT2D eigenvalue weighted by molar-refractivity contribution is -0.120. The predicted octanol–water partition coefficient (Wildman–Crippen LogP) is 3.09. The zero-order valence-corrected chi connectivity index (χ0v) is 11.0. The average molecular weight is 279 g/mol. The Balaban J connectivity index is 1.84. The first-order valence-corrected chi connectivity index (χ1v) is 6.59. The minimum absolute atomic E-state index is 0.123. The fraction of sp³-hybridized carbons (Fsp3) is 0.0769. The normalized spacial score (nSPS) is 10.7. The molecule has 1 N–H and O–H groups in total. The summed E-state index contributed by atoms with van der Waals surface area (Å²) in [4.78, 5) is 12.5. The molecule has 0 spiro atoms. The third kappa shape index (κ3) is 3.98. The maximum Gasteiger partial charge on any atom is 0.245 e. The second-order valence-corrected chi connectivity index (χ2v) is 5.07. The van der Waals surface area contributed by atoms with Gasteiger partial charge in [-0.3, -0.25) is 4.79 Å². The van der Waals surface area contributed by atoms with Crippen LogP contribution in [-0.4, -0.2) is 12.1 Å². The van der Waals surface area contributed by atoms with Crippen LogP contribution >= 0.6 is 22.9 Å². The lowest BCUT2D eigenvalue weighted by Gasteiger charge is -1.97. The van der Waals surface area contributed by atoms with Gasteiger partial charge in [-0.05, 0) is 29.1 Å². The Bertz CT molecular complexity index is 535. The molecule has 0 radical (unpaired) electrons. The Morgan fingerprint density at radius 3 is 2.78 bits per heavy atom. The topological polar surface area (TPSA) is 41.5 Å². The van der Waals surface area contributed by atoms with E-state index < -0.39 is 0 Å². The third-order valence-corrected chi connectivity index (χ3v) is 3.32. The highest BCUT2D eigenvalue weighted by Gasteiger charge is 2.01. The summed E-state index contributed by atoms with van der Waals surface area (Å²) in [5, 5.41) is 6.51. The molecule has 0 fully saturated rings. The molecular weight excluding hydrogens is 268 g/mol. The van der Waals surface area contributed by atoms with Crippen LogP contribution in [0.1, 0.15) is 10.4 Å². The van der Waals surface area contributed by atoms with E-state index >= 15 is 0 Å². The molecule has 2 rings (SSSR count). The molecule has 0 aliphatic carbocycles. The van der Waals surface area contributed by atoms with Crippen molar-refractivity contribution in [2.45, 2.75) is 6.42 Å². The van der Waals surface area contributed by atoms with Crippen molar-refractivity contribution >= 4 is 35.1 Å². The molecule has 1 aromatic heterocycles. The second kappa shape index (κ2) is 6.33. The molecule has 0 aliphatic heterocycles. The molecule has 1 aromatic carbocycles. The summed E-state index contributed by atoms with van der Waals surface area (Å²) < 4.78 is 0. The largest absolute Gasteiger partial charge is 0.273 e. The van der Waals surface area contributed by atoms with E-state index in [1.54, 1.807) is 29.7 Å². The first-order valence-electron chi connectivity index (χ1n) is 5.34. The van der Waals surface area contributed by atoms with Crippen molar-refractivity contribution in [3.63, 3.8) is 0 Å². The van der Waals surface area contributed by atoms with Crippen LogP contribution in [0.4, 0.5) is 0 Å². The van der Waals surface area contributed by atoms with E-state index in [1.807, 2.05) is 29.6 Å². The number of carbonyl (C=O) groups excluding carboxylic acids is 1. The van der Waals surface area contributed by atoms with E-state index in [1.165, 1.54) is 0 Å². The summed E-state index contributed by atoms with van der Waals surface area (Å²) in [5.74, 6) is -0.123. The Labute approximate surface area is 114 Å². The van der Waals surface area contributed by atoms with Crippen molar-refractivity contribution in [1.82, 2.24) is 5.43 Å². The quantitative estimate of drug-likeness (QED) is 0.678. The highest BCUT2D eigenvalue weighted by Crippen LogP contribution is 2.09. The van der Waals surface area contributed by atoms with Gasteiger partial charge in [0.05, 0.1) is 12.6 Å². The van der Waals surface area contributed by atoms with Gasteiger partial charge >= 0.3 is 0 Å². The Morgan fingerprint density at radius 2 is 2.11 bits per heavy atom. The van der Waals surface area contributed by atoms with Gasteiger partial charge in [0.2, 0.25) is 5.91 Å². The van der Waals surface area contributed by atoms with E-state index in [9.17, 15) is 4.79 Å². The van der Waals surface area contributed by atoms with Gasteiger partial charge in [-0.15, -0.1) is 11.3 Å². The van der Waals surface area contributed by atoms with Crippen molar-refractivity contribution in [2.24, 2.45) is 5.10 Å². The summed E-state index contributed by atoms with van der Waals surface area (Å²) >= 11 is 7.32. The Morgan fingerprint density at radius 1 is 1.33 bits per heavy atom. The molecule has 0 unspecified atom stereocenters. The summed E-state index contributed by atoms with van der Waals surface area (Å²) in [7, 11) is 0. The smallest absolute Gasteiger partial charge is 0.245 e. The van der Waals surface area contributed by atoms with E-state index in [-0.39, 0.29) is 5.91 Å². The molecule has 3 nitrogen and oxygen atoms in total. The zero-order chi connectivity index (χ0) is 12.8. The number of rotatable bonds is 4. The first-order chi connectivity index (χ1) is 8.74. The molecule has 0 aliphatic rings. The fourth-order valence-electron chi connectivity index (χ4n) is 1.34. The Hall–Kier alpha value is -1.65. The number of benzene rings is 1. The van der Waals surface area contributed by atoms with Gasteiger partial charge < -0.3 is 0 Å². The highest BCUT2D eigenvalue weighted by atomic mass is 35.5. The maximum absolute atomic E-state index is 11.5. The van der Waals surface area contributed by atoms with Crippen molar-refractivity contribution < 1.29 is 4.79 Å². The molecule has 1 amide bonds. The van der Waals surface area contributed by atoms with Crippen LogP contribution in [0.25, 0.3) is 0 Å². The van der Waals surface area contributed by atoms with E-state index in [2.05, 4.69) is 10.5 Å². The molecule has 5 heteroatoms. The number of halogens is 1. The number of nitrogens with zero attached hydrogens (tertiary/aromatic N) is 1. The maximum atomic E-state index is 11.5. The second-order valence-electron chi connectivity index (χ2n) is 3.60. The fourth-order valence-corrected chi connectivity index (χ4v) is 2.17. The number of thiophene rings is 1. The van der Waals surface area contributed by atoms with E-state index in [4.69, 9.17) is 11.6 Å². The molecule has 18 heavy (non-hydrogen) atoms. The predicted molar refractivity (Wildman–Crippen MR) is 75.2 cm³/mol. The molecule has 0 bridgehead atoms. The Kier molecular flexibility index (Phi) is 4.50. The van der Waals surface area contributed by atoms with Gasteiger partial charge in [-0.1, -0.05) is 29.8 Å². The minimum atomic E-state index is -0.123. The van der Waals surface area contributed by atoms with Crippen LogP contribution in [0.3, 0.4) is 0 Å². The molecule has 1 heterocycles. The monoisotopic (exact) mass is 278 g/mol. The van der Waals surface area contributed by atoms with Crippen LogP contribution in [-0.2, 0) is 11.2 Å². The zero-order valence-electron chi connectivity index (χ0n) is 9.47. The molecule has 0 saturated carbocycles. The highest BCUT2D eigenvalue weighted by molar-refractivity contribution is 7.10. The molecule has 0 saturated heterocycles. The van der Waals surface area contributed by atoms with Gasteiger partial charge in [0.15, 0.2) is 0 Å². The van der Waals surface area contributed by atoms with E-state index in [0.717, 1.165) is 10.4 Å². The van der Waals surface area contributed by atoms with Gasteiger partial charge in [-0.2, -0.15) is 5.10 Å². The molecule has 0 atom stereocenters. The lowest BCUT2D eigenvalue weighted by atomic mass is 10.2. The van der Waals surface area contributed by atoms with Crippen molar-refractivity contribution in [3.05, 3.63) is 57.2 Å². The third-order valence-electron chi connectivity index (χ3n) is 2.19. The number of nitrogens with one attached hydrogen (secondary N) is 1. The van der Waals surface area contributed by atoms with Crippen LogP contribution in [0.2, 0.25) is 5.02 Å². The number of hydrogen-bond acceptors (Lipinski definition) is 3. The van der Waals surface area contributed by atoms with Crippen LogP contribution < -0.4 is 5.43 Å². The average Bonchev–Trinajstić information content (AvgIpc) is 2.84.